The summed E-state index contributed by atoms with van der Waals surface area (Å²) in [6.45, 7) is 0. The van der Waals surface area contributed by atoms with E-state index in [1.165, 1.54) is 36.4 Å². The van der Waals surface area contributed by atoms with Gasteiger partial charge in [0.2, 0.25) is 10.0 Å². The van der Waals surface area contributed by atoms with E-state index in [0.717, 1.165) is 12.3 Å². The third-order valence-electron chi connectivity index (χ3n) is 3.52. The minimum Gasteiger partial charge on any atom is -0.306 e. The maximum atomic E-state index is 13.0. The lowest BCUT2D eigenvalue weighted by Gasteiger charge is -2.12. The summed E-state index contributed by atoms with van der Waals surface area (Å²) in [6.07, 6.45) is 0.842. The second kappa shape index (κ2) is 6.51. The van der Waals surface area contributed by atoms with E-state index in [9.17, 15) is 26.4 Å². The first-order chi connectivity index (χ1) is 12.5. The van der Waals surface area contributed by atoms with Crippen LogP contribution < -0.4 is 16.0 Å². The van der Waals surface area contributed by atoms with Crippen molar-refractivity contribution in [2.45, 2.75) is 4.90 Å². The smallest absolute Gasteiger partial charge is 0.306 e. The zero-order valence-electron chi connectivity index (χ0n) is 13.6. The number of rotatable bonds is 4. The monoisotopic (exact) mass is 429 g/mol. The van der Waals surface area contributed by atoms with E-state index >= 15 is 0 Å². The van der Waals surface area contributed by atoms with Gasteiger partial charge in [0.15, 0.2) is 0 Å². The van der Waals surface area contributed by atoms with Crippen LogP contribution in [0.4, 0.5) is 5.69 Å². The number of halogens is 1. The summed E-state index contributed by atoms with van der Waals surface area (Å²) in [4.78, 5) is 26.7. The molecule has 9 nitrogen and oxygen atoms in total. The average Bonchev–Trinajstić information content (AvgIpc) is 2.52. The van der Waals surface area contributed by atoms with Crippen LogP contribution in [-0.4, -0.2) is 32.0 Å². The molecule has 0 aliphatic heterocycles. The minimum atomic E-state index is -4.70. The van der Waals surface area contributed by atoms with Gasteiger partial charge in [-0.15, -0.1) is 3.97 Å². The molecule has 1 aromatic heterocycles. The van der Waals surface area contributed by atoms with Crippen LogP contribution in [0, 0.1) is 0 Å². The van der Waals surface area contributed by atoms with Gasteiger partial charge in [-0.1, -0.05) is 23.7 Å². The number of aromatic amines is 1. The number of aromatic nitrogens is 2. The molecule has 27 heavy (non-hydrogen) atoms. The second-order valence-electron chi connectivity index (χ2n) is 5.57. The Hall–Kier alpha value is -2.63. The van der Waals surface area contributed by atoms with Gasteiger partial charge in [-0.3, -0.25) is 9.52 Å². The summed E-state index contributed by atoms with van der Waals surface area (Å²) in [6, 6.07) is 9.00. The van der Waals surface area contributed by atoms with Crippen molar-refractivity contribution in [3.8, 4) is 0 Å². The highest BCUT2D eigenvalue weighted by Crippen LogP contribution is 2.23. The number of nitrogens with one attached hydrogen (secondary N) is 2. The summed E-state index contributed by atoms with van der Waals surface area (Å²) in [5.41, 5.74) is -2.50. The molecule has 0 bridgehead atoms. The maximum Gasteiger partial charge on any atom is 0.343 e. The van der Waals surface area contributed by atoms with E-state index in [1.54, 1.807) is 0 Å². The van der Waals surface area contributed by atoms with E-state index in [-0.39, 0.29) is 25.6 Å². The number of hydrogen-bond acceptors (Lipinski definition) is 6. The second-order valence-corrected chi connectivity index (χ2v) is 9.51. The van der Waals surface area contributed by atoms with Gasteiger partial charge >= 0.3 is 5.69 Å². The molecule has 2 aromatic carbocycles. The van der Waals surface area contributed by atoms with E-state index in [2.05, 4.69) is 9.71 Å². The summed E-state index contributed by atoms with van der Waals surface area (Å²) in [7, 11) is -8.51. The SMILES string of the molecule is CS(=O)(=O)Nc1ccccc1S(=O)(=O)n1c(=O)[nH]c2cc(Cl)ccc2c1=O. The maximum absolute atomic E-state index is 13.0. The molecule has 0 radical (unpaired) electrons. The van der Waals surface area contributed by atoms with Crippen molar-refractivity contribution < 1.29 is 16.8 Å². The van der Waals surface area contributed by atoms with Gasteiger partial charge in [0.25, 0.3) is 15.6 Å². The predicted octanol–water partition coefficient (Wildman–Crippen LogP) is 0.952. The number of sulfonamides is 1. The fraction of sp³-hybridized carbons (Fsp3) is 0.0667. The number of H-pyrrole nitrogens is 1. The normalized spacial score (nSPS) is 12.2. The van der Waals surface area contributed by atoms with Gasteiger partial charge in [-0.25, -0.2) is 21.6 Å². The molecule has 3 aromatic rings. The molecule has 0 unspecified atom stereocenters. The van der Waals surface area contributed by atoms with Gasteiger partial charge in [0, 0.05) is 5.02 Å². The van der Waals surface area contributed by atoms with Crippen molar-refractivity contribution in [2.75, 3.05) is 11.0 Å². The first kappa shape index (κ1) is 19.1. The van der Waals surface area contributed by atoms with Crippen LogP contribution in [0.25, 0.3) is 10.9 Å². The molecule has 0 aliphatic rings. The highest BCUT2D eigenvalue weighted by Gasteiger charge is 2.26. The van der Waals surface area contributed by atoms with E-state index < -0.39 is 36.2 Å². The van der Waals surface area contributed by atoms with Crippen molar-refractivity contribution in [3.63, 3.8) is 0 Å². The quantitative estimate of drug-likeness (QED) is 0.633. The number of anilines is 1. The van der Waals surface area contributed by atoms with Gasteiger partial charge in [0.05, 0.1) is 22.8 Å². The van der Waals surface area contributed by atoms with Crippen molar-refractivity contribution in [1.82, 2.24) is 8.96 Å². The number of hydrogen-bond donors (Lipinski definition) is 2. The standard InChI is InChI=1S/C15H12ClN3O6S2/c1-26(22,23)18-11-4-2-3-5-13(11)27(24,25)19-14(20)10-7-6-9(16)8-12(10)17-15(19)21/h2-8,18H,1H3,(H,17,21). The Morgan fingerprint density at radius 2 is 1.70 bits per heavy atom. The molecule has 3 rings (SSSR count). The van der Waals surface area contributed by atoms with Gasteiger partial charge < -0.3 is 4.98 Å². The number of para-hydroxylation sites is 1. The molecular weight excluding hydrogens is 418 g/mol. The lowest BCUT2D eigenvalue weighted by Crippen LogP contribution is -2.40. The summed E-state index contributed by atoms with van der Waals surface area (Å²) < 4.78 is 51.1. The molecule has 0 amide bonds. The fourth-order valence-electron chi connectivity index (χ4n) is 2.47. The summed E-state index contributed by atoms with van der Waals surface area (Å²) in [5.74, 6) is 0. The largest absolute Gasteiger partial charge is 0.343 e. The zero-order chi connectivity index (χ0) is 20.0. The van der Waals surface area contributed by atoms with Gasteiger partial charge in [0.1, 0.15) is 4.90 Å². The van der Waals surface area contributed by atoms with Crippen LogP contribution in [0.3, 0.4) is 0 Å². The van der Waals surface area contributed by atoms with Crippen molar-refractivity contribution in [3.05, 3.63) is 68.3 Å². The predicted molar refractivity (Wildman–Crippen MR) is 101 cm³/mol. The molecule has 0 aliphatic carbocycles. The highest BCUT2D eigenvalue weighted by molar-refractivity contribution is 7.92. The summed E-state index contributed by atoms with van der Waals surface area (Å²) in [5, 5.41) is 0.178. The molecule has 0 saturated carbocycles. The topological polar surface area (TPSA) is 135 Å². The van der Waals surface area contributed by atoms with Crippen LogP contribution in [0.5, 0.6) is 0 Å². The van der Waals surface area contributed by atoms with E-state index in [0.29, 0.717) is 0 Å². The Morgan fingerprint density at radius 1 is 1.04 bits per heavy atom. The van der Waals surface area contributed by atoms with Crippen molar-refractivity contribution in [2.24, 2.45) is 0 Å². The Kier molecular flexibility index (Phi) is 4.62. The van der Waals surface area contributed by atoms with Gasteiger partial charge in [-0.2, -0.15) is 0 Å². The van der Waals surface area contributed by atoms with Crippen molar-refractivity contribution >= 4 is 48.2 Å². The first-order valence-corrected chi connectivity index (χ1v) is 11.0. The number of benzene rings is 2. The van der Waals surface area contributed by atoms with Crippen LogP contribution in [0.15, 0.2) is 56.9 Å². The minimum absolute atomic E-state index is 0.0476. The Bertz CT molecular complexity index is 1390. The van der Waals surface area contributed by atoms with Crippen molar-refractivity contribution in [1.29, 1.82) is 0 Å². The average molecular weight is 430 g/mol. The third kappa shape index (κ3) is 3.61. The molecule has 0 fully saturated rings. The molecule has 0 spiro atoms. The summed E-state index contributed by atoms with van der Waals surface area (Å²) >= 11 is 5.82. The van der Waals surface area contributed by atoms with Crippen LogP contribution in [0.2, 0.25) is 5.02 Å². The Labute approximate surface area is 158 Å². The Balaban J connectivity index is 2.34. The Morgan fingerprint density at radius 3 is 2.37 bits per heavy atom. The third-order valence-corrected chi connectivity index (χ3v) is 6.07. The lowest BCUT2D eigenvalue weighted by molar-refractivity contribution is 0.583. The molecule has 12 heteroatoms. The molecule has 0 atom stereocenters. The van der Waals surface area contributed by atoms with E-state index in [1.807, 2.05) is 0 Å². The zero-order valence-corrected chi connectivity index (χ0v) is 16.0. The highest BCUT2D eigenvalue weighted by atomic mass is 35.5. The lowest BCUT2D eigenvalue weighted by atomic mass is 10.2. The van der Waals surface area contributed by atoms with E-state index in [4.69, 9.17) is 11.6 Å². The molecular formula is C15H12ClN3O6S2. The first-order valence-electron chi connectivity index (χ1n) is 7.28. The molecule has 2 N–H and O–H groups in total. The number of nitrogens with zero attached hydrogens (tertiary/aromatic N) is 1. The van der Waals surface area contributed by atoms with Crippen LogP contribution >= 0.6 is 11.6 Å². The van der Waals surface area contributed by atoms with Gasteiger partial charge in [-0.05, 0) is 30.3 Å². The molecule has 1 heterocycles. The van der Waals surface area contributed by atoms with Crippen LogP contribution in [-0.2, 0) is 20.0 Å². The molecule has 0 saturated heterocycles. The number of fused-ring (bicyclic) bond motifs is 1. The van der Waals surface area contributed by atoms with Crippen LogP contribution in [0.1, 0.15) is 0 Å². The molecule has 142 valence electrons. The fourth-order valence-corrected chi connectivity index (χ4v) is 4.71.